The van der Waals surface area contributed by atoms with Crippen LogP contribution in [0.15, 0.2) is 30.6 Å². The van der Waals surface area contributed by atoms with Crippen molar-refractivity contribution in [1.29, 1.82) is 0 Å². The van der Waals surface area contributed by atoms with Crippen molar-refractivity contribution in [1.82, 2.24) is 24.8 Å². The third-order valence-electron chi connectivity index (χ3n) is 7.90. The highest BCUT2D eigenvalue weighted by Crippen LogP contribution is 2.49. The Morgan fingerprint density at radius 2 is 1.95 bits per heavy atom. The number of thiophene rings is 1. The van der Waals surface area contributed by atoms with Gasteiger partial charge in [-0.05, 0) is 31.2 Å². The molecule has 5 heterocycles. The van der Waals surface area contributed by atoms with E-state index in [-0.39, 0.29) is 23.3 Å². The van der Waals surface area contributed by atoms with Gasteiger partial charge in [0.2, 0.25) is 5.95 Å². The minimum atomic E-state index is -0.568. The molecule has 3 aromatic rings. The number of rotatable bonds is 5. The molecule has 2 fully saturated rings. The summed E-state index contributed by atoms with van der Waals surface area (Å²) >= 11 is 1.36. The number of aromatic nitrogens is 3. The predicted molar refractivity (Wildman–Crippen MR) is 145 cm³/mol. The predicted octanol–water partition coefficient (Wildman–Crippen LogP) is 3.70. The lowest BCUT2D eigenvalue weighted by Crippen LogP contribution is -2.46. The molecule has 1 unspecified atom stereocenters. The lowest BCUT2D eigenvalue weighted by molar-refractivity contribution is -0.117. The summed E-state index contributed by atoms with van der Waals surface area (Å²) < 4.78 is 15.0. The Labute approximate surface area is 224 Å². The van der Waals surface area contributed by atoms with Crippen molar-refractivity contribution in [3.05, 3.63) is 46.9 Å². The SMILES string of the molecule is CCN1CCN(c2ccc(Nc3ncc(F)c(-c4cc5c(s4)C4(CCC(=O)C4)CN(C)C5=O)n3)nc2)CC1. The van der Waals surface area contributed by atoms with Crippen LogP contribution < -0.4 is 10.2 Å². The molecule has 38 heavy (non-hydrogen) atoms. The average Bonchev–Trinajstić information content (AvgIpc) is 3.54. The summed E-state index contributed by atoms with van der Waals surface area (Å²) in [6.45, 7) is 7.74. The van der Waals surface area contributed by atoms with Gasteiger partial charge in [-0.2, -0.15) is 0 Å². The van der Waals surface area contributed by atoms with E-state index in [1.165, 1.54) is 11.3 Å². The van der Waals surface area contributed by atoms with Crippen LogP contribution in [0, 0.1) is 5.82 Å². The number of piperazine rings is 1. The number of nitrogens with one attached hydrogen (secondary N) is 1. The largest absolute Gasteiger partial charge is 0.368 e. The molecule has 9 nitrogen and oxygen atoms in total. The molecule has 198 valence electrons. The number of hydrogen-bond acceptors (Lipinski definition) is 9. The summed E-state index contributed by atoms with van der Waals surface area (Å²) in [5, 5.41) is 3.08. The van der Waals surface area contributed by atoms with Crippen molar-refractivity contribution in [2.45, 2.75) is 31.6 Å². The molecule has 1 saturated carbocycles. The fourth-order valence-corrected chi connectivity index (χ4v) is 7.16. The summed E-state index contributed by atoms with van der Waals surface area (Å²) in [5.74, 6) is 0.305. The van der Waals surface area contributed by atoms with Gasteiger partial charge in [-0.3, -0.25) is 9.59 Å². The second kappa shape index (κ2) is 9.70. The van der Waals surface area contributed by atoms with Crippen molar-refractivity contribution in [3.8, 4) is 10.6 Å². The van der Waals surface area contributed by atoms with Gasteiger partial charge in [-0.1, -0.05) is 6.92 Å². The van der Waals surface area contributed by atoms with E-state index in [1.54, 1.807) is 18.0 Å². The monoisotopic (exact) mass is 535 g/mol. The summed E-state index contributed by atoms with van der Waals surface area (Å²) in [6.07, 6.45) is 4.57. The van der Waals surface area contributed by atoms with Crippen LogP contribution in [0.1, 0.15) is 41.4 Å². The van der Waals surface area contributed by atoms with Gasteiger partial charge in [0.1, 0.15) is 17.3 Å². The first-order chi connectivity index (χ1) is 18.3. The summed E-state index contributed by atoms with van der Waals surface area (Å²) in [7, 11) is 1.75. The Bertz CT molecular complexity index is 1390. The molecule has 1 aliphatic carbocycles. The highest BCUT2D eigenvalue weighted by atomic mass is 32.1. The number of carbonyl (C=O) groups is 2. The Morgan fingerprint density at radius 1 is 1.13 bits per heavy atom. The highest BCUT2D eigenvalue weighted by Gasteiger charge is 2.48. The van der Waals surface area contributed by atoms with E-state index in [1.807, 2.05) is 18.3 Å². The fourth-order valence-electron chi connectivity index (χ4n) is 5.81. The van der Waals surface area contributed by atoms with Gasteiger partial charge in [0.25, 0.3) is 5.91 Å². The van der Waals surface area contributed by atoms with E-state index in [0.717, 1.165) is 49.5 Å². The number of ketones is 1. The van der Waals surface area contributed by atoms with Gasteiger partial charge < -0.3 is 20.0 Å². The van der Waals surface area contributed by atoms with Crippen LogP contribution in [0.2, 0.25) is 0 Å². The number of hydrogen-bond donors (Lipinski definition) is 1. The quantitative estimate of drug-likeness (QED) is 0.529. The van der Waals surface area contributed by atoms with Crippen LogP contribution >= 0.6 is 11.3 Å². The number of amides is 1. The molecule has 1 amide bonds. The van der Waals surface area contributed by atoms with E-state index in [0.29, 0.717) is 42.1 Å². The molecular formula is C27H30FN7O2S. The van der Waals surface area contributed by atoms with Gasteiger partial charge in [-0.15, -0.1) is 11.3 Å². The molecule has 0 bridgehead atoms. The second-order valence-electron chi connectivity index (χ2n) is 10.3. The first-order valence-corrected chi connectivity index (χ1v) is 13.8. The first-order valence-electron chi connectivity index (χ1n) is 13.0. The Kier molecular flexibility index (Phi) is 6.35. The van der Waals surface area contributed by atoms with Crippen LogP contribution in [-0.4, -0.2) is 82.8 Å². The minimum Gasteiger partial charge on any atom is -0.368 e. The second-order valence-corrected chi connectivity index (χ2v) is 11.4. The van der Waals surface area contributed by atoms with Crippen molar-refractivity contribution in [3.63, 3.8) is 0 Å². The van der Waals surface area contributed by atoms with Gasteiger partial charge in [0.05, 0.1) is 28.5 Å². The molecule has 2 aliphatic heterocycles. The van der Waals surface area contributed by atoms with E-state index < -0.39 is 11.2 Å². The van der Waals surface area contributed by atoms with Crippen LogP contribution in [0.25, 0.3) is 10.6 Å². The molecule has 1 atom stereocenters. The number of anilines is 3. The van der Waals surface area contributed by atoms with E-state index in [2.05, 4.69) is 37.0 Å². The zero-order chi connectivity index (χ0) is 26.4. The Morgan fingerprint density at radius 3 is 2.63 bits per heavy atom. The summed E-state index contributed by atoms with van der Waals surface area (Å²) in [5.41, 5.74) is 1.34. The Balaban J connectivity index is 1.24. The zero-order valence-corrected chi connectivity index (χ0v) is 22.4. The molecule has 6 rings (SSSR count). The number of fused-ring (bicyclic) bond motifs is 2. The molecule has 0 aromatic carbocycles. The molecule has 1 N–H and O–H groups in total. The molecule has 1 spiro atoms. The lowest BCUT2D eigenvalue weighted by Gasteiger charge is -2.37. The molecule has 11 heteroatoms. The van der Waals surface area contributed by atoms with Crippen LogP contribution in [0.4, 0.5) is 21.8 Å². The number of halogens is 1. The van der Waals surface area contributed by atoms with Crippen molar-refractivity contribution in [2.24, 2.45) is 0 Å². The first kappa shape index (κ1) is 24.9. The zero-order valence-electron chi connectivity index (χ0n) is 21.5. The number of nitrogens with zero attached hydrogens (tertiary/aromatic N) is 6. The van der Waals surface area contributed by atoms with Crippen molar-refractivity contribution >= 4 is 40.5 Å². The third-order valence-corrected chi connectivity index (χ3v) is 9.29. The number of likely N-dealkylation sites (N-methyl/N-ethyl adjacent to an activating group) is 2. The average molecular weight is 536 g/mol. The van der Waals surface area contributed by atoms with Crippen LogP contribution in [0.3, 0.4) is 0 Å². The van der Waals surface area contributed by atoms with E-state index >= 15 is 0 Å². The molecular weight excluding hydrogens is 505 g/mol. The summed E-state index contributed by atoms with van der Waals surface area (Å²) in [4.78, 5) is 46.1. The normalized spacial score (nSPS) is 21.9. The number of carbonyl (C=O) groups excluding carboxylic acids is 2. The molecule has 0 radical (unpaired) electrons. The van der Waals surface area contributed by atoms with E-state index in [9.17, 15) is 14.0 Å². The van der Waals surface area contributed by atoms with Crippen LogP contribution in [-0.2, 0) is 10.2 Å². The van der Waals surface area contributed by atoms with Crippen molar-refractivity contribution < 1.29 is 14.0 Å². The maximum Gasteiger partial charge on any atom is 0.254 e. The standard InChI is InChI=1S/C27H30FN7O2S/c1-3-34-8-10-35(11-9-34)17-4-5-22(29-14-17)31-26-30-15-20(28)23(32-26)21-12-19-24(38-21)27(7-6-18(36)13-27)16-33(2)25(19)37/h4-5,12,14-15H,3,6-11,13,16H2,1-2H3,(H,29,30,31,32). The summed E-state index contributed by atoms with van der Waals surface area (Å²) in [6, 6.07) is 5.59. The van der Waals surface area contributed by atoms with Gasteiger partial charge in [0, 0.05) is 62.9 Å². The van der Waals surface area contributed by atoms with Crippen LogP contribution in [0.5, 0.6) is 0 Å². The molecule has 3 aromatic heterocycles. The van der Waals surface area contributed by atoms with Gasteiger partial charge >= 0.3 is 0 Å². The smallest absolute Gasteiger partial charge is 0.254 e. The number of Topliss-reactive ketones (excluding diaryl/α,β-unsaturated/α-hetero) is 1. The topological polar surface area (TPSA) is 94.6 Å². The van der Waals surface area contributed by atoms with Gasteiger partial charge in [0.15, 0.2) is 5.82 Å². The van der Waals surface area contributed by atoms with E-state index in [4.69, 9.17) is 0 Å². The molecule has 1 saturated heterocycles. The number of pyridine rings is 1. The van der Waals surface area contributed by atoms with Gasteiger partial charge in [-0.25, -0.2) is 19.3 Å². The fraction of sp³-hybridized carbons (Fsp3) is 0.444. The Hall–Kier alpha value is -3.44. The third kappa shape index (κ3) is 4.43. The minimum absolute atomic E-state index is 0.110. The lowest BCUT2D eigenvalue weighted by atomic mass is 9.79. The highest BCUT2D eigenvalue weighted by molar-refractivity contribution is 7.16. The maximum atomic E-state index is 15.0. The van der Waals surface area contributed by atoms with Crippen molar-refractivity contribution in [2.75, 3.05) is 56.5 Å². The maximum absolute atomic E-state index is 15.0. The molecule has 3 aliphatic rings.